The highest BCUT2D eigenvalue weighted by molar-refractivity contribution is 9.10. The van der Waals surface area contributed by atoms with E-state index in [9.17, 15) is 4.79 Å². The zero-order valence-electron chi connectivity index (χ0n) is 13.0. The average Bonchev–Trinajstić information content (AvgIpc) is 2.90. The number of carbonyl (C=O) groups excluding carboxylic acids is 1. The lowest BCUT2D eigenvalue weighted by Gasteiger charge is -2.03. The van der Waals surface area contributed by atoms with Gasteiger partial charge in [-0.1, -0.05) is 57.9 Å². The van der Waals surface area contributed by atoms with Gasteiger partial charge in [-0.2, -0.15) is 0 Å². The van der Waals surface area contributed by atoms with Crippen LogP contribution in [-0.4, -0.2) is 10.4 Å². The molecule has 0 atom stereocenters. The van der Waals surface area contributed by atoms with Gasteiger partial charge in [0, 0.05) is 32.6 Å². The quantitative estimate of drug-likeness (QED) is 0.516. The second-order valence-corrected chi connectivity index (χ2v) is 7.77. The van der Waals surface area contributed by atoms with Gasteiger partial charge in [-0.3, -0.25) is 10.2 Å². The summed E-state index contributed by atoms with van der Waals surface area (Å²) in [6.45, 7) is 0.166. The van der Waals surface area contributed by atoms with Crippen LogP contribution in [0.25, 0.3) is 0 Å². The van der Waals surface area contributed by atoms with Crippen LogP contribution in [0.5, 0.6) is 0 Å². The predicted molar refractivity (Wildman–Crippen MR) is 108 cm³/mol. The Hall–Kier alpha value is -1.40. The van der Waals surface area contributed by atoms with E-state index >= 15 is 0 Å². The van der Waals surface area contributed by atoms with E-state index in [4.69, 9.17) is 17.0 Å². The summed E-state index contributed by atoms with van der Waals surface area (Å²) in [5, 5.41) is 8.81. The molecule has 1 aromatic heterocycles. The van der Waals surface area contributed by atoms with Crippen molar-refractivity contribution in [2.75, 3.05) is 0 Å². The number of hydrogen-bond acceptors (Lipinski definition) is 3. The average molecular weight is 458 g/mol. The third-order valence-electron chi connectivity index (χ3n) is 3.59. The Morgan fingerprint density at radius 1 is 1.16 bits per heavy atom. The molecule has 1 N–H and O–H groups in total. The number of nitrogens with zero attached hydrogens (tertiary/aromatic N) is 1. The van der Waals surface area contributed by atoms with Crippen molar-refractivity contribution < 1.29 is 4.79 Å². The van der Waals surface area contributed by atoms with Gasteiger partial charge in [0.2, 0.25) is 0 Å². The first-order valence-electron chi connectivity index (χ1n) is 7.29. The number of Topliss-reactive ketones (excluding diaryl/α,β-unsaturated/α-hetero) is 1. The first kappa shape index (κ1) is 19.9. The predicted octanol–water partition coefficient (Wildman–Crippen LogP) is 5.34. The lowest BCUT2D eigenvalue weighted by Crippen LogP contribution is -2.18. The van der Waals surface area contributed by atoms with E-state index in [1.807, 2.05) is 42.6 Å². The Morgan fingerprint density at radius 3 is 2.52 bits per heavy atom. The molecule has 3 rings (SSSR count). The van der Waals surface area contributed by atoms with Crippen LogP contribution >= 0.6 is 51.3 Å². The van der Waals surface area contributed by atoms with Gasteiger partial charge in [-0.05, 0) is 23.8 Å². The topological polar surface area (TPSA) is 45.9 Å². The first-order valence-corrected chi connectivity index (χ1v) is 9.27. The first-order chi connectivity index (χ1) is 11.5. The minimum absolute atomic E-state index is 0. The molecule has 3 nitrogen and oxygen atoms in total. The minimum Gasteiger partial charge on any atom is -0.316 e. The molecule has 2 aromatic carbocycles. The van der Waals surface area contributed by atoms with Crippen molar-refractivity contribution in [1.29, 1.82) is 5.41 Å². The second-order valence-electron chi connectivity index (χ2n) is 5.33. The van der Waals surface area contributed by atoms with Crippen LogP contribution in [0.2, 0.25) is 5.02 Å². The Labute approximate surface area is 169 Å². The summed E-state index contributed by atoms with van der Waals surface area (Å²) in [5.74, 6) is -0.0110. The molecule has 0 saturated carbocycles. The molecule has 0 aliphatic rings. The number of nitrogens with one attached hydrogen (secondary N) is 1. The molecular weight excluding hydrogens is 443 g/mol. The molecule has 7 heteroatoms. The largest absolute Gasteiger partial charge is 0.316 e. The summed E-state index contributed by atoms with van der Waals surface area (Å²) in [7, 11) is 0. The smallest absolute Gasteiger partial charge is 0.182 e. The van der Waals surface area contributed by atoms with Crippen molar-refractivity contribution in [1.82, 2.24) is 4.57 Å². The number of benzene rings is 2. The molecule has 1 heterocycles. The lowest BCUT2D eigenvalue weighted by atomic mass is 10.1. The van der Waals surface area contributed by atoms with Gasteiger partial charge in [0.05, 0.1) is 6.54 Å². The summed E-state index contributed by atoms with van der Waals surface area (Å²) in [4.78, 5) is 13.7. The van der Waals surface area contributed by atoms with Crippen molar-refractivity contribution in [3.05, 3.63) is 85.0 Å². The SMILES string of the molecule is Cl.N=c1sc(Cc2ccccc2Cl)cn1CC(=O)c1ccc(Br)cc1. The van der Waals surface area contributed by atoms with Crippen molar-refractivity contribution in [2.45, 2.75) is 13.0 Å². The maximum absolute atomic E-state index is 12.4. The standard InChI is InChI=1S/C18H14BrClN2OS.ClH/c19-14-7-5-12(6-8-14)17(23)11-22-10-15(24-18(22)21)9-13-3-1-2-4-16(13)20;/h1-8,10,21H,9,11H2;1H. The van der Waals surface area contributed by atoms with Crippen molar-refractivity contribution in [2.24, 2.45) is 0 Å². The molecule has 0 amide bonds. The molecule has 3 aromatic rings. The monoisotopic (exact) mass is 456 g/mol. The van der Waals surface area contributed by atoms with Crippen LogP contribution in [0, 0.1) is 5.41 Å². The van der Waals surface area contributed by atoms with Crippen molar-refractivity contribution >= 4 is 57.1 Å². The fourth-order valence-electron chi connectivity index (χ4n) is 2.35. The number of ketones is 1. The van der Waals surface area contributed by atoms with Crippen LogP contribution in [0.4, 0.5) is 0 Å². The van der Waals surface area contributed by atoms with E-state index in [1.54, 1.807) is 16.7 Å². The molecule has 0 unspecified atom stereocenters. The number of hydrogen-bond donors (Lipinski definition) is 1. The summed E-state index contributed by atoms with van der Waals surface area (Å²) in [6.07, 6.45) is 2.53. The normalized spacial score (nSPS) is 10.3. The number of thiazole rings is 1. The fourth-order valence-corrected chi connectivity index (χ4v) is 3.71. The molecule has 130 valence electrons. The van der Waals surface area contributed by atoms with Crippen LogP contribution < -0.4 is 4.80 Å². The van der Waals surface area contributed by atoms with Gasteiger partial charge in [-0.25, -0.2) is 0 Å². The maximum atomic E-state index is 12.4. The van der Waals surface area contributed by atoms with E-state index in [1.165, 1.54) is 11.3 Å². The van der Waals surface area contributed by atoms with E-state index in [0.717, 1.165) is 19.9 Å². The molecule has 0 aliphatic heterocycles. The highest BCUT2D eigenvalue weighted by atomic mass is 79.9. The molecule has 25 heavy (non-hydrogen) atoms. The van der Waals surface area contributed by atoms with E-state index in [-0.39, 0.29) is 24.7 Å². The second kappa shape index (κ2) is 8.81. The Bertz CT molecular complexity index is 935. The van der Waals surface area contributed by atoms with Gasteiger partial charge in [0.15, 0.2) is 10.6 Å². The van der Waals surface area contributed by atoms with Crippen LogP contribution in [0.15, 0.2) is 59.2 Å². The number of rotatable bonds is 5. The van der Waals surface area contributed by atoms with E-state index in [2.05, 4.69) is 15.9 Å². The molecule has 0 fully saturated rings. The van der Waals surface area contributed by atoms with Crippen LogP contribution in [-0.2, 0) is 13.0 Å². The third-order valence-corrected chi connectivity index (χ3v) is 5.43. The number of carbonyl (C=O) groups is 1. The zero-order chi connectivity index (χ0) is 17.1. The van der Waals surface area contributed by atoms with Gasteiger partial charge in [-0.15, -0.1) is 23.7 Å². The fraction of sp³-hybridized carbons (Fsp3) is 0.111. The summed E-state index contributed by atoms with van der Waals surface area (Å²) >= 11 is 10.9. The van der Waals surface area contributed by atoms with Crippen molar-refractivity contribution in [3.63, 3.8) is 0 Å². The summed E-state index contributed by atoms with van der Waals surface area (Å²) < 4.78 is 2.62. The van der Waals surface area contributed by atoms with E-state index in [0.29, 0.717) is 16.8 Å². The minimum atomic E-state index is -0.0110. The Morgan fingerprint density at radius 2 is 1.84 bits per heavy atom. The van der Waals surface area contributed by atoms with Gasteiger partial charge in [0.25, 0.3) is 0 Å². The maximum Gasteiger partial charge on any atom is 0.182 e. The highest BCUT2D eigenvalue weighted by Gasteiger charge is 2.10. The molecule has 0 aliphatic carbocycles. The highest BCUT2D eigenvalue weighted by Crippen LogP contribution is 2.20. The van der Waals surface area contributed by atoms with Gasteiger partial charge in [0.1, 0.15) is 0 Å². The molecule has 0 radical (unpaired) electrons. The number of halogens is 3. The van der Waals surface area contributed by atoms with Gasteiger partial charge < -0.3 is 4.57 Å². The molecule has 0 spiro atoms. The van der Waals surface area contributed by atoms with Gasteiger partial charge >= 0.3 is 0 Å². The van der Waals surface area contributed by atoms with Crippen LogP contribution in [0.1, 0.15) is 20.8 Å². The third kappa shape index (κ3) is 5.05. The lowest BCUT2D eigenvalue weighted by molar-refractivity contribution is 0.0971. The van der Waals surface area contributed by atoms with E-state index < -0.39 is 0 Å². The van der Waals surface area contributed by atoms with Crippen molar-refractivity contribution in [3.8, 4) is 0 Å². The van der Waals surface area contributed by atoms with Crippen LogP contribution in [0.3, 0.4) is 0 Å². The summed E-state index contributed by atoms with van der Waals surface area (Å²) in [5.41, 5.74) is 1.66. The Balaban J connectivity index is 0.00000225. The molecule has 0 saturated heterocycles. The molecule has 0 bridgehead atoms. The zero-order valence-corrected chi connectivity index (χ0v) is 17.0. The molecular formula is C18H15BrCl2N2OS. The number of aromatic nitrogens is 1. The Kier molecular flexibility index (Phi) is 7.02. The summed E-state index contributed by atoms with van der Waals surface area (Å²) in [6, 6.07) is 14.9.